The molecule has 1 rings (SSSR count). The van der Waals surface area contributed by atoms with E-state index >= 15 is 0 Å². The summed E-state index contributed by atoms with van der Waals surface area (Å²) >= 11 is 0. The topological polar surface area (TPSA) is 92.8 Å². The number of carbonyl (C=O) groups excluding carboxylic acids is 1. The van der Waals surface area contributed by atoms with Crippen LogP contribution >= 0.6 is 0 Å². The average molecular weight is 181 g/mol. The minimum Gasteiger partial charge on any atom is -0.481 e. The fourth-order valence-electron chi connectivity index (χ4n) is 0.829. The highest BCUT2D eigenvalue weighted by molar-refractivity contribution is 6.36. The summed E-state index contributed by atoms with van der Waals surface area (Å²) in [5.41, 5.74) is 5.97. The SMILES string of the molecule is Nc1cccc(C(=O)OB(O)O)c1. The normalized spacial score (nSPS) is 9.38. The van der Waals surface area contributed by atoms with Crippen LogP contribution < -0.4 is 5.73 Å². The fourth-order valence-corrected chi connectivity index (χ4v) is 0.829. The van der Waals surface area contributed by atoms with E-state index in [1.54, 1.807) is 12.1 Å². The lowest BCUT2D eigenvalue weighted by Crippen LogP contribution is -2.21. The summed E-state index contributed by atoms with van der Waals surface area (Å²) in [6.07, 6.45) is 0. The van der Waals surface area contributed by atoms with Crippen LogP contribution in [0.15, 0.2) is 24.3 Å². The molecular weight excluding hydrogens is 173 g/mol. The number of nitrogen functional groups attached to an aromatic ring is 1. The quantitative estimate of drug-likeness (QED) is 0.418. The molecule has 68 valence electrons. The fraction of sp³-hybridized carbons (Fsp3) is 0. The van der Waals surface area contributed by atoms with Gasteiger partial charge in [0.25, 0.3) is 0 Å². The van der Waals surface area contributed by atoms with Crippen molar-refractivity contribution in [2.45, 2.75) is 0 Å². The molecule has 0 radical (unpaired) electrons. The summed E-state index contributed by atoms with van der Waals surface area (Å²) in [5, 5.41) is 16.7. The van der Waals surface area contributed by atoms with Crippen LogP contribution in [0.2, 0.25) is 0 Å². The molecule has 1 aromatic carbocycles. The Morgan fingerprint density at radius 1 is 1.46 bits per heavy atom. The van der Waals surface area contributed by atoms with Crippen molar-refractivity contribution in [1.82, 2.24) is 0 Å². The van der Waals surface area contributed by atoms with Gasteiger partial charge in [-0.2, -0.15) is 0 Å². The lowest BCUT2D eigenvalue weighted by Gasteiger charge is -2.02. The van der Waals surface area contributed by atoms with Crippen LogP contribution in [0.5, 0.6) is 0 Å². The number of carbonyl (C=O) groups is 1. The van der Waals surface area contributed by atoms with Gasteiger partial charge in [-0.05, 0) is 18.2 Å². The van der Waals surface area contributed by atoms with Crippen molar-refractivity contribution >= 4 is 19.0 Å². The Labute approximate surface area is 74.9 Å². The van der Waals surface area contributed by atoms with Crippen molar-refractivity contribution in [3.05, 3.63) is 29.8 Å². The first-order valence-electron chi connectivity index (χ1n) is 3.52. The van der Waals surface area contributed by atoms with E-state index in [9.17, 15) is 4.79 Å². The molecule has 0 bridgehead atoms. The molecule has 0 spiro atoms. The first kappa shape index (κ1) is 9.56. The standard InChI is InChI=1S/C7H8BNO4/c9-6-3-1-2-5(4-6)7(10)13-8(11)12/h1-4,11-12H,9H2. The van der Waals surface area contributed by atoms with Crippen LogP contribution in [0, 0.1) is 0 Å². The Hall–Kier alpha value is -1.53. The highest BCUT2D eigenvalue weighted by Gasteiger charge is 2.17. The highest BCUT2D eigenvalue weighted by atomic mass is 16.6. The minimum absolute atomic E-state index is 0.174. The molecule has 0 fully saturated rings. The number of rotatable bonds is 2. The maximum Gasteiger partial charge on any atom is 0.709 e. The molecule has 1 aromatic rings. The van der Waals surface area contributed by atoms with E-state index in [0.717, 1.165) is 0 Å². The van der Waals surface area contributed by atoms with Gasteiger partial charge in [0.05, 0.1) is 5.56 Å². The van der Waals surface area contributed by atoms with Gasteiger partial charge in [0.15, 0.2) is 0 Å². The summed E-state index contributed by atoms with van der Waals surface area (Å²) < 4.78 is 4.11. The Morgan fingerprint density at radius 2 is 2.15 bits per heavy atom. The Morgan fingerprint density at radius 3 is 2.69 bits per heavy atom. The van der Waals surface area contributed by atoms with Crippen LogP contribution in [-0.2, 0) is 4.65 Å². The molecule has 0 amide bonds. The van der Waals surface area contributed by atoms with Crippen LogP contribution in [0.1, 0.15) is 10.4 Å². The van der Waals surface area contributed by atoms with Crippen LogP contribution in [0.25, 0.3) is 0 Å². The third-order valence-electron chi connectivity index (χ3n) is 1.33. The van der Waals surface area contributed by atoms with Crippen molar-refractivity contribution < 1.29 is 19.5 Å². The van der Waals surface area contributed by atoms with Crippen molar-refractivity contribution in [2.75, 3.05) is 5.73 Å². The minimum atomic E-state index is -2.10. The Bertz CT molecular complexity index is 315. The first-order chi connectivity index (χ1) is 6.09. The molecule has 0 aliphatic carbocycles. The lowest BCUT2D eigenvalue weighted by atomic mass is 10.2. The van der Waals surface area contributed by atoms with Gasteiger partial charge in [-0.25, -0.2) is 4.79 Å². The Balaban J connectivity index is 2.77. The summed E-state index contributed by atoms with van der Waals surface area (Å²) in [6.45, 7) is 0. The highest BCUT2D eigenvalue weighted by Crippen LogP contribution is 2.07. The van der Waals surface area contributed by atoms with E-state index in [-0.39, 0.29) is 5.56 Å². The van der Waals surface area contributed by atoms with Crippen LogP contribution in [-0.4, -0.2) is 23.3 Å². The molecule has 0 aliphatic rings. The zero-order valence-corrected chi connectivity index (χ0v) is 6.68. The lowest BCUT2D eigenvalue weighted by molar-refractivity contribution is 0.0648. The maximum absolute atomic E-state index is 11.0. The first-order valence-corrected chi connectivity index (χ1v) is 3.52. The van der Waals surface area contributed by atoms with Crippen LogP contribution in [0.4, 0.5) is 5.69 Å². The van der Waals surface area contributed by atoms with Gasteiger partial charge < -0.3 is 20.4 Å². The number of benzene rings is 1. The molecule has 0 saturated carbocycles. The van der Waals surface area contributed by atoms with Crippen molar-refractivity contribution in [3.8, 4) is 0 Å². The summed E-state index contributed by atoms with van der Waals surface area (Å²) in [6, 6.07) is 6.01. The van der Waals surface area contributed by atoms with E-state index in [4.69, 9.17) is 15.8 Å². The zero-order chi connectivity index (χ0) is 9.84. The number of hydrogen-bond donors (Lipinski definition) is 3. The third-order valence-corrected chi connectivity index (χ3v) is 1.33. The Kier molecular flexibility index (Phi) is 2.89. The van der Waals surface area contributed by atoms with E-state index in [2.05, 4.69) is 4.65 Å². The second-order valence-electron chi connectivity index (χ2n) is 2.36. The molecule has 0 saturated heterocycles. The number of anilines is 1. The summed E-state index contributed by atoms with van der Waals surface area (Å²) in [7, 11) is -2.10. The van der Waals surface area contributed by atoms with Crippen molar-refractivity contribution in [3.63, 3.8) is 0 Å². The second-order valence-corrected chi connectivity index (χ2v) is 2.36. The number of hydrogen-bond acceptors (Lipinski definition) is 5. The molecule has 0 unspecified atom stereocenters. The van der Waals surface area contributed by atoms with E-state index in [1.807, 2.05) is 0 Å². The predicted octanol–water partition coefficient (Wildman–Crippen LogP) is -0.605. The van der Waals surface area contributed by atoms with Crippen molar-refractivity contribution in [1.29, 1.82) is 0 Å². The molecule has 0 aliphatic heterocycles. The van der Waals surface area contributed by atoms with Gasteiger partial charge in [0.1, 0.15) is 0 Å². The largest absolute Gasteiger partial charge is 0.709 e. The zero-order valence-electron chi connectivity index (χ0n) is 6.68. The van der Waals surface area contributed by atoms with E-state index in [1.165, 1.54) is 12.1 Å². The molecule has 5 nitrogen and oxygen atoms in total. The summed E-state index contributed by atoms with van der Waals surface area (Å²) in [4.78, 5) is 11.0. The molecular formula is C7H8BNO4. The van der Waals surface area contributed by atoms with Gasteiger partial charge in [0.2, 0.25) is 0 Å². The predicted molar refractivity (Wildman–Crippen MR) is 46.5 cm³/mol. The van der Waals surface area contributed by atoms with Crippen molar-refractivity contribution in [2.24, 2.45) is 0 Å². The second kappa shape index (κ2) is 3.93. The van der Waals surface area contributed by atoms with E-state index in [0.29, 0.717) is 5.69 Å². The van der Waals surface area contributed by atoms with Gasteiger partial charge in [-0.1, -0.05) is 6.07 Å². The molecule has 13 heavy (non-hydrogen) atoms. The smallest absolute Gasteiger partial charge is 0.481 e. The molecule has 4 N–H and O–H groups in total. The number of nitrogens with two attached hydrogens (primary N) is 1. The van der Waals surface area contributed by atoms with Gasteiger partial charge in [-0.15, -0.1) is 0 Å². The van der Waals surface area contributed by atoms with Gasteiger partial charge >= 0.3 is 13.3 Å². The molecule has 0 aromatic heterocycles. The molecule has 6 heteroatoms. The maximum atomic E-state index is 11.0. The van der Waals surface area contributed by atoms with Gasteiger partial charge in [0, 0.05) is 5.69 Å². The monoisotopic (exact) mass is 181 g/mol. The summed E-state index contributed by atoms with van der Waals surface area (Å²) in [5.74, 6) is -0.831. The van der Waals surface area contributed by atoms with E-state index < -0.39 is 13.3 Å². The third kappa shape index (κ3) is 2.77. The van der Waals surface area contributed by atoms with Gasteiger partial charge in [-0.3, -0.25) is 0 Å². The molecule has 0 heterocycles. The average Bonchev–Trinajstić information content (AvgIpc) is 2.03. The van der Waals surface area contributed by atoms with Crippen LogP contribution in [0.3, 0.4) is 0 Å². The molecule has 0 atom stereocenters.